The number of nitrogens with zero attached hydrogens (tertiary/aromatic N) is 3. The zero-order valence-electron chi connectivity index (χ0n) is 22.8. The second-order valence-electron chi connectivity index (χ2n) is 8.96. The van der Waals surface area contributed by atoms with Gasteiger partial charge in [-0.05, 0) is 58.1 Å². The van der Waals surface area contributed by atoms with Crippen LogP contribution in [0.2, 0.25) is 0 Å². The molecule has 1 heterocycles. The fraction of sp³-hybridized carbons (Fsp3) is 0.462. The van der Waals surface area contributed by atoms with Crippen molar-refractivity contribution in [3.8, 4) is 0 Å². The van der Waals surface area contributed by atoms with Gasteiger partial charge >= 0.3 is 6.18 Å². The SMILES string of the molecule is C=C(/C=C\C(C)=NC(C)(O)CN=C(C)/C=C(\C(C)NC(=O)CCl)C(F)(F)F)OC1=CC(C(=O)NC)N(C)C=C1. The van der Waals surface area contributed by atoms with Crippen molar-refractivity contribution in [3.63, 3.8) is 0 Å². The Morgan fingerprint density at radius 2 is 1.95 bits per heavy atom. The maximum Gasteiger partial charge on any atom is 0.414 e. The minimum Gasteiger partial charge on any atom is -0.458 e. The van der Waals surface area contributed by atoms with Crippen LogP contribution in [0, 0.1) is 0 Å². The standard InChI is InChI=1S/C26H35ClF3N5O4/c1-16(8-9-18(3)39-20-10-11-35(7)22(13-20)24(37)31-6)34-25(5,38)15-32-17(2)12-21(26(28,29)30)19(4)33-23(36)14-27/h8-13,19,22,38H,3,14-15H2,1-2,4-7H3,(H,31,37)(H,33,36)/b9-8-,21-12+,32-17?,34-16?. The molecule has 0 bridgehead atoms. The number of ether oxygens (including phenoxy) is 1. The van der Waals surface area contributed by atoms with E-state index in [9.17, 15) is 27.9 Å². The van der Waals surface area contributed by atoms with E-state index >= 15 is 0 Å². The summed E-state index contributed by atoms with van der Waals surface area (Å²) in [5.41, 5.74) is -2.38. The summed E-state index contributed by atoms with van der Waals surface area (Å²) >= 11 is 5.36. The number of likely N-dealkylation sites (N-methyl/N-ethyl adjacent to an activating group) is 2. The van der Waals surface area contributed by atoms with Crippen LogP contribution in [0.15, 0.2) is 70.2 Å². The Bertz CT molecular complexity index is 1110. The van der Waals surface area contributed by atoms with Crippen LogP contribution in [0.5, 0.6) is 0 Å². The van der Waals surface area contributed by atoms with Crippen LogP contribution in [-0.4, -0.2) is 83.7 Å². The molecule has 0 aromatic heterocycles. The smallest absolute Gasteiger partial charge is 0.414 e. The zero-order chi connectivity index (χ0) is 30.0. The monoisotopic (exact) mass is 573 g/mol. The summed E-state index contributed by atoms with van der Waals surface area (Å²) in [4.78, 5) is 33.3. The number of rotatable bonds is 12. The van der Waals surface area contributed by atoms with Crippen molar-refractivity contribution >= 4 is 34.8 Å². The topological polar surface area (TPSA) is 116 Å². The van der Waals surface area contributed by atoms with E-state index in [1.54, 1.807) is 37.2 Å². The van der Waals surface area contributed by atoms with Crippen molar-refractivity contribution < 1.29 is 32.6 Å². The quantitative estimate of drug-likeness (QED) is 0.143. The molecule has 0 aliphatic carbocycles. The van der Waals surface area contributed by atoms with Crippen LogP contribution < -0.4 is 10.6 Å². The van der Waals surface area contributed by atoms with Gasteiger partial charge in [-0.1, -0.05) is 6.58 Å². The molecule has 1 aliphatic heterocycles. The Morgan fingerprint density at radius 1 is 1.31 bits per heavy atom. The number of aliphatic imine (C=N–C) groups is 2. The number of aliphatic hydroxyl groups is 1. The van der Waals surface area contributed by atoms with Crippen LogP contribution in [0.3, 0.4) is 0 Å². The predicted octanol–water partition coefficient (Wildman–Crippen LogP) is 3.39. The average molecular weight is 574 g/mol. The van der Waals surface area contributed by atoms with Gasteiger partial charge in [0.05, 0.1) is 18.2 Å². The number of nitrogens with one attached hydrogen (secondary N) is 2. The molecule has 0 spiro atoms. The lowest BCUT2D eigenvalue weighted by molar-refractivity contribution is -0.123. The summed E-state index contributed by atoms with van der Waals surface area (Å²) < 4.78 is 46.1. The normalized spacial score (nSPS) is 19.4. The minimum absolute atomic E-state index is 0.0192. The predicted molar refractivity (Wildman–Crippen MR) is 146 cm³/mol. The van der Waals surface area contributed by atoms with Gasteiger partial charge in [0.15, 0.2) is 5.72 Å². The molecule has 1 rings (SSSR count). The molecular weight excluding hydrogens is 539 g/mol. The number of amides is 2. The van der Waals surface area contributed by atoms with Gasteiger partial charge in [-0.2, -0.15) is 13.2 Å². The molecule has 2 amide bonds. The average Bonchev–Trinajstić information content (AvgIpc) is 2.84. The van der Waals surface area contributed by atoms with Crippen molar-refractivity contribution in [2.45, 2.75) is 51.7 Å². The van der Waals surface area contributed by atoms with Crippen molar-refractivity contribution in [2.75, 3.05) is 26.5 Å². The van der Waals surface area contributed by atoms with Crippen LogP contribution in [0.4, 0.5) is 13.2 Å². The maximum atomic E-state index is 13.5. The van der Waals surface area contributed by atoms with Crippen molar-refractivity contribution in [1.29, 1.82) is 0 Å². The van der Waals surface area contributed by atoms with Crippen LogP contribution in [0.1, 0.15) is 27.7 Å². The highest BCUT2D eigenvalue weighted by Crippen LogP contribution is 2.28. The Balaban J connectivity index is 2.90. The van der Waals surface area contributed by atoms with Gasteiger partial charge in [0.2, 0.25) is 11.8 Å². The van der Waals surface area contributed by atoms with Gasteiger partial charge in [0, 0.05) is 31.7 Å². The number of carbonyl (C=O) groups excluding carboxylic acids is 2. The fourth-order valence-corrected chi connectivity index (χ4v) is 3.37. The van der Waals surface area contributed by atoms with E-state index in [0.29, 0.717) is 11.5 Å². The summed E-state index contributed by atoms with van der Waals surface area (Å²) in [6.45, 7) is 8.97. The number of hydrogen-bond acceptors (Lipinski definition) is 7. The molecule has 0 aromatic carbocycles. The van der Waals surface area contributed by atoms with Crippen molar-refractivity contribution in [3.05, 3.63) is 60.3 Å². The molecule has 0 fully saturated rings. The van der Waals surface area contributed by atoms with E-state index < -0.39 is 41.3 Å². The van der Waals surface area contributed by atoms with E-state index in [2.05, 4.69) is 27.2 Å². The summed E-state index contributed by atoms with van der Waals surface area (Å²) in [7, 11) is 3.29. The highest BCUT2D eigenvalue weighted by Gasteiger charge is 2.37. The lowest BCUT2D eigenvalue weighted by atomic mass is 10.1. The number of allylic oxidation sites excluding steroid dienone is 4. The molecule has 13 heteroatoms. The van der Waals surface area contributed by atoms with Crippen LogP contribution in [-0.2, 0) is 14.3 Å². The Labute approximate surface area is 231 Å². The fourth-order valence-electron chi connectivity index (χ4n) is 3.30. The molecule has 3 N–H and O–H groups in total. The number of carbonyl (C=O) groups is 2. The van der Waals surface area contributed by atoms with Gasteiger partial charge < -0.3 is 25.4 Å². The van der Waals surface area contributed by atoms with Crippen molar-refractivity contribution in [2.24, 2.45) is 9.98 Å². The molecule has 0 saturated carbocycles. The second-order valence-corrected chi connectivity index (χ2v) is 9.23. The molecule has 39 heavy (non-hydrogen) atoms. The lowest BCUT2D eigenvalue weighted by Gasteiger charge is -2.26. The van der Waals surface area contributed by atoms with E-state index in [4.69, 9.17) is 16.3 Å². The van der Waals surface area contributed by atoms with E-state index in [-0.39, 0.29) is 23.9 Å². The van der Waals surface area contributed by atoms with Crippen LogP contribution >= 0.6 is 11.6 Å². The number of halogens is 4. The third-order valence-electron chi connectivity index (χ3n) is 5.21. The van der Waals surface area contributed by atoms with Gasteiger partial charge in [-0.3, -0.25) is 19.6 Å². The number of hydrogen-bond donors (Lipinski definition) is 3. The van der Waals surface area contributed by atoms with Gasteiger partial charge in [0.25, 0.3) is 0 Å². The number of alkyl halides is 4. The van der Waals surface area contributed by atoms with Crippen molar-refractivity contribution in [1.82, 2.24) is 15.5 Å². The first-order chi connectivity index (χ1) is 18.0. The molecule has 0 radical (unpaired) electrons. The molecule has 0 saturated heterocycles. The third kappa shape index (κ3) is 11.9. The Hall–Kier alpha value is -3.38. The maximum absolute atomic E-state index is 13.5. The Kier molecular flexibility index (Phi) is 12.7. The summed E-state index contributed by atoms with van der Waals surface area (Å²) in [5.74, 6) is -0.748. The lowest BCUT2D eigenvalue weighted by Crippen LogP contribution is -2.41. The van der Waals surface area contributed by atoms with Gasteiger partial charge in [-0.15, -0.1) is 11.6 Å². The molecule has 0 aromatic rings. The summed E-state index contributed by atoms with van der Waals surface area (Å²) in [6, 6.07) is -1.89. The Morgan fingerprint density at radius 3 is 2.51 bits per heavy atom. The molecular formula is C26H35ClF3N5O4. The van der Waals surface area contributed by atoms with E-state index in [0.717, 1.165) is 6.08 Å². The third-order valence-corrected chi connectivity index (χ3v) is 5.45. The first-order valence-electron chi connectivity index (χ1n) is 11.8. The first kappa shape index (κ1) is 33.6. The molecule has 1 aliphatic rings. The second kappa shape index (κ2) is 14.7. The molecule has 3 atom stereocenters. The largest absolute Gasteiger partial charge is 0.458 e. The van der Waals surface area contributed by atoms with E-state index in [1.807, 2.05) is 0 Å². The molecule has 3 unspecified atom stereocenters. The zero-order valence-corrected chi connectivity index (χ0v) is 23.5. The van der Waals surface area contributed by atoms with E-state index in [1.165, 1.54) is 40.0 Å². The first-order valence-corrected chi connectivity index (χ1v) is 12.3. The van der Waals surface area contributed by atoms with Gasteiger partial charge in [0.1, 0.15) is 23.4 Å². The van der Waals surface area contributed by atoms with Gasteiger partial charge in [-0.25, -0.2) is 0 Å². The van der Waals surface area contributed by atoms with Crippen LogP contribution in [0.25, 0.3) is 0 Å². The summed E-state index contributed by atoms with van der Waals surface area (Å²) in [6.07, 6.45) is 4.14. The molecule has 216 valence electrons. The summed E-state index contributed by atoms with van der Waals surface area (Å²) in [5, 5.41) is 15.3. The highest BCUT2D eigenvalue weighted by molar-refractivity contribution is 6.27. The highest BCUT2D eigenvalue weighted by atomic mass is 35.5. The minimum atomic E-state index is -4.72. The molecule has 9 nitrogen and oxygen atoms in total.